The first-order chi connectivity index (χ1) is 8.25. The fraction of sp³-hybridized carbons (Fsp3) is 0.636. The molecule has 0 aliphatic carbocycles. The molecule has 2 rings (SSSR count). The Kier molecular flexibility index (Phi) is 4.33. The first-order valence-corrected chi connectivity index (χ1v) is 6.80. The van der Waals surface area contributed by atoms with Crippen LogP contribution >= 0.6 is 11.3 Å². The van der Waals surface area contributed by atoms with Crippen molar-refractivity contribution in [2.45, 2.75) is 31.7 Å². The van der Waals surface area contributed by atoms with Crippen LogP contribution in [0.2, 0.25) is 0 Å². The average Bonchev–Trinajstić information content (AvgIpc) is 2.77. The van der Waals surface area contributed by atoms with E-state index in [-0.39, 0.29) is 5.91 Å². The number of nitrogen functional groups attached to an aromatic ring is 1. The summed E-state index contributed by atoms with van der Waals surface area (Å²) in [6, 6.07) is 0.551. The van der Waals surface area contributed by atoms with Gasteiger partial charge in [-0.05, 0) is 25.8 Å². The van der Waals surface area contributed by atoms with Gasteiger partial charge in [-0.15, -0.1) is 0 Å². The summed E-state index contributed by atoms with van der Waals surface area (Å²) in [6.45, 7) is 1.80. The second-order valence-electron chi connectivity index (χ2n) is 4.25. The predicted molar refractivity (Wildman–Crippen MR) is 69.1 cm³/mol. The lowest BCUT2D eigenvalue weighted by atomic mass is 10.0. The topological polar surface area (TPSA) is 80.0 Å². The first-order valence-electron chi connectivity index (χ1n) is 5.98. The fourth-order valence-corrected chi connectivity index (χ4v) is 2.61. The van der Waals surface area contributed by atoms with Crippen molar-refractivity contribution in [2.24, 2.45) is 0 Å². The molecule has 1 amide bonds. The van der Waals surface area contributed by atoms with Crippen LogP contribution in [-0.2, 0) is 0 Å². The zero-order valence-corrected chi connectivity index (χ0v) is 10.6. The summed E-state index contributed by atoms with van der Waals surface area (Å²) in [7, 11) is 0. The van der Waals surface area contributed by atoms with E-state index >= 15 is 0 Å². The number of piperidine rings is 1. The van der Waals surface area contributed by atoms with E-state index in [1.54, 1.807) is 0 Å². The van der Waals surface area contributed by atoms with Crippen molar-refractivity contribution >= 4 is 22.4 Å². The second kappa shape index (κ2) is 5.97. The van der Waals surface area contributed by atoms with Gasteiger partial charge >= 0.3 is 0 Å². The Labute approximate surface area is 105 Å². The van der Waals surface area contributed by atoms with Crippen LogP contribution in [0.25, 0.3) is 0 Å². The highest BCUT2D eigenvalue weighted by atomic mass is 32.1. The van der Waals surface area contributed by atoms with E-state index in [1.165, 1.54) is 36.8 Å². The minimum absolute atomic E-state index is 0.0741. The average molecular weight is 254 g/mol. The molecular weight excluding hydrogens is 236 g/mol. The van der Waals surface area contributed by atoms with Crippen LogP contribution in [0.5, 0.6) is 0 Å². The molecule has 1 aliphatic heterocycles. The number of nitrogens with zero attached hydrogens (tertiary/aromatic N) is 1. The van der Waals surface area contributed by atoms with Gasteiger partial charge in [-0.1, -0.05) is 17.8 Å². The van der Waals surface area contributed by atoms with Crippen LogP contribution in [0, 0.1) is 0 Å². The Morgan fingerprint density at radius 2 is 2.53 bits per heavy atom. The van der Waals surface area contributed by atoms with Crippen molar-refractivity contribution in [2.75, 3.05) is 18.8 Å². The minimum atomic E-state index is -0.0741. The third-order valence-electron chi connectivity index (χ3n) is 2.94. The number of amides is 1. The van der Waals surface area contributed by atoms with E-state index in [0.717, 1.165) is 13.0 Å². The maximum absolute atomic E-state index is 11.7. The molecule has 1 aliphatic rings. The highest BCUT2D eigenvalue weighted by molar-refractivity contribution is 7.17. The summed E-state index contributed by atoms with van der Waals surface area (Å²) in [4.78, 5) is 16.1. The quantitative estimate of drug-likeness (QED) is 0.748. The highest BCUT2D eigenvalue weighted by Gasteiger charge is 2.13. The largest absolute Gasteiger partial charge is 0.375 e. The van der Waals surface area contributed by atoms with Crippen LogP contribution in [0.15, 0.2) is 6.20 Å². The number of anilines is 1. The predicted octanol–water partition coefficient (Wildman–Crippen LogP) is 0.987. The Hall–Kier alpha value is -1.14. The molecule has 2 heterocycles. The molecule has 1 aromatic heterocycles. The Bertz CT molecular complexity index is 373. The smallest absolute Gasteiger partial charge is 0.263 e. The van der Waals surface area contributed by atoms with Gasteiger partial charge in [0.2, 0.25) is 0 Å². The van der Waals surface area contributed by atoms with E-state index < -0.39 is 0 Å². The van der Waals surface area contributed by atoms with E-state index in [0.29, 0.717) is 22.6 Å². The molecule has 4 N–H and O–H groups in total. The zero-order valence-electron chi connectivity index (χ0n) is 9.74. The number of rotatable bonds is 4. The van der Waals surface area contributed by atoms with Crippen molar-refractivity contribution in [3.63, 3.8) is 0 Å². The van der Waals surface area contributed by atoms with Gasteiger partial charge in [-0.2, -0.15) is 0 Å². The molecule has 5 nitrogen and oxygen atoms in total. The van der Waals surface area contributed by atoms with E-state index in [4.69, 9.17) is 5.73 Å². The summed E-state index contributed by atoms with van der Waals surface area (Å²) < 4.78 is 0. The number of thiazole rings is 1. The summed E-state index contributed by atoms with van der Waals surface area (Å²) in [6.07, 6.45) is 6.28. The molecule has 1 saturated heterocycles. The van der Waals surface area contributed by atoms with Crippen molar-refractivity contribution < 1.29 is 4.79 Å². The van der Waals surface area contributed by atoms with Crippen LogP contribution in [0.4, 0.5) is 5.13 Å². The fourth-order valence-electron chi connectivity index (χ4n) is 2.01. The van der Waals surface area contributed by atoms with Gasteiger partial charge in [0, 0.05) is 12.6 Å². The number of nitrogens with two attached hydrogens (primary N) is 1. The SMILES string of the molecule is Nc1ncc(C(=O)NCCC2CCCCN2)s1. The molecule has 6 heteroatoms. The van der Waals surface area contributed by atoms with E-state index in [1.807, 2.05) is 0 Å². The first kappa shape index (κ1) is 12.3. The van der Waals surface area contributed by atoms with Gasteiger partial charge in [0.15, 0.2) is 5.13 Å². The van der Waals surface area contributed by atoms with E-state index in [2.05, 4.69) is 15.6 Å². The molecule has 0 saturated carbocycles. The Morgan fingerprint density at radius 1 is 1.65 bits per heavy atom. The molecule has 1 unspecified atom stereocenters. The monoisotopic (exact) mass is 254 g/mol. The van der Waals surface area contributed by atoms with Gasteiger partial charge in [-0.3, -0.25) is 4.79 Å². The highest BCUT2D eigenvalue weighted by Crippen LogP contribution is 2.14. The number of hydrogen-bond donors (Lipinski definition) is 3. The molecule has 0 spiro atoms. The molecule has 94 valence electrons. The van der Waals surface area contributed by atoms with Gasteiger partial charge in [0.25, 0.3) is 5.91 Å². The molecule has 1 aromatic rings. The van der Waals surface area contributed by atoms with Crippen LogP contribution < -0.4 is 16.4 Å². The number of hydrogen-bond acceptors (Lipinski definition) is 5. The van der Waals surface area contributed by atoms with Gasteiger partial charge < -0.3 is 16.4 Å². The van der Waals surface area contributed by atoms with Gasteiger partial charge in [0.1, 0.15) is 4.88 Å². The minimum Gasteiger partial charge on any atom is -0.375 e. The molecule has 0 bridgehead atoms. The number of carbonyl (C=O) groups is 1. The summed E-state index contributed by atoms with van der Waals surface area (Å²) >= 11 is 1.22. The maximum atomic E-state index is 11.7. The molecule has 1 atom stereocenters. The van der Waals surface area contributed by atoms with Gasteiger partial charge in [-0.25, -0.2) is 4.98 Å². The molecule has 17 heavy (non-hydrogen) atoms. The number of aromatic nitrogens is 1. The normalized spacial score (nSPS) is 20.1. The molecule has 1 fully saturated rings. The third-order valence-corrected chi connectivity index (χ3v) is 3.76. The Morgan fingerprint density at radius 3 is 3.18 bits per heavy atom. The van der Waals surface area contributed by atoms with Gasteiger partial charge in [0.05, 0.1) is 6.20 Å². The number of nitrogens with one attached hydrogen (secondary N) is 2. The second-order valence-corrected chi connectivity index (χ2v) is 5.32. The van der Waals surface area contributed by atoms with Crippen LogP contribution in [0.3, 0.4) is 0 Å². The summed E-state index contributed by atoms with van der Waals surface area (Å²) in [5.41, 5.74) is 5.48. The lowest BCUT2D eigenvalue weighted by Gasteiger charge is -2.23. The van der Waals surface area contributed by atoms with Crippen molar-refractivity contribution in [3.8, 4) is 0 Å². The van der Waals surface area contributed by atoms with E-state index in [9.17, 15) is 4.79 Å². The summed E-state index contributed by atoms with van der Waals surface area (Å²) in [5, 5.41) is 6.79. The maximum Gasteiger partial charge on any atom is 0.263 e. The summed E-state index contributed by atoms with van der Waals surface area (Å²) in [5.74, 6) is -0.0741. The zero-order chi connectivity index (χ0) is 12.1. The standard InChI is InChI=1S/C11H18N4OS/c12-11-15-7-9(17-11)10(16)14-6-4-8-3-1-2-5-13-8/h7-8,13H,1-6H2,(H2,12,15)(H,14,16). The molecular formula is C11H18N4OS. The lowest BCUT2D eigenvalue weighted by molar-refractivity contribution is 0.0955. The third kappa shape index (κ3) is 3.67. The lowest BCUT2D eigenvalue weighted by Crippen LogP contribution is -2.37. The van der Waals surface area contributed by atoms with Crippen molar-refractivity contribution in [1.82, 2.24) is 15.6 Å². The van der Waals surface area contributed by atoms with Crippen LogP contribution in [0.1, 0.15) is 35.4 Å². The molecule has 0 aromatic carbocycles. The Balaban J connectivity index is 1.69. The van der Waals surface area contributed by atoms with Crippen molar-refractivity contribution in [1.29, 1.82) is 0 Å². The van der Waals surface area contributed by atoms with Crippen molar-refractivity contribution in [3.05, 3.63) is 11.1 Å². The molecule has 0 radical (unpaired) electrons. The number of carbonyl (C=O) groups excluding carboxylic acids is 1. The van der Waals surface area contributed by atoms with Crippen LogP contribution in [-0.4, -0.2) is 30.0 Å².